The molecule has 1 N–H and O–H groups in total. The predicted octanol–water partition coefficient (Wildman–Crippen LogP) is 4.46. The molecule has 5 nitrogen and oxygen atoms in total. The van der Waals surface area contributed by atoms with Crippen molar-refractivity contribution in [3.63, 3.8) is 0 Å². The number of nitrogens with one attached hydrogen (secondary N) is 1. The van der Waals surface area contributed by atoms with E-state index >= 15 is 0 Å². The topological polar surface area (TPSA) is 55.7 Å². The number of halogens is 1. The Bertz CT molecular complexity index is 658. The van der Waals surface area contributed by atoms with E-state index in [1.807, 2.05) is 38.3 Å². The van der Waals surface area contributed by atoms with Crippen molar-refractivity contribution >= 4 is 38.6 Å². The zero-order valence-corrected chi connectivity index (χ0v) is 15.1. The molecule has 7 heteroatoms. The zero-order valence-electron chi connectivity index (χ0n) is 12.7. The van der Waals surface area contributed by atoms with Crippen LogP contribution < -0.4 is 14.9 Å². The van der Waals surface area contributed by atoms with Gasteiger partial charge in [0.2, 0.25) is 5.13 Å². The minimum Gasteiger partial charge on any atom is -0.490 e. The molecule has 22 heavy (non-hydrogen) atoms. The number of thiazole rings is 1. The summed E-state index contributed by atoms with van der Waals surface area (Å²) in [6.07, 6.45) is 1.72. The highest BCUT2D eigenvalue weighted by molar-refractivity contribution is 9.10. The first kappa shape index (κ1) is 16.8. The van der Waals surface area contributed by atoms with E-state index in [4.69, 9.17) is 9.47 Å². The Morgan fingerprint density at radius 3 is 2.55 bits per heavy atom. The van der Waals surface area contributed by atoms with E-state index in [0.717, 1.165) is 26.6 Å². The van der Waals surface area contributed by atoms with Crippen LogP contribution in [-0.4, -0.2) is 24.4 Å². The molecule has 0 aliphatic carbocycles. The Kier molecular flexibility index (Phi) is 6.21. The van der Waals surface area contributed by atoms with Crippen LogP contribution in [0.25, 0.3) is 0 Å². The standard InChI is InChI=1S/C15H18BrN3O2S/c1-4-20-13-6-11(12(16)7-14(13)21-5-2)8-17-19-15-18-10(3)9-22-15/h6-9H,4-5H2,1-3H3,(H,18,19). The van der Waals surface area contributed by atoms with Crippen LogP contribution in [0.15, 0.2) is 27.1 Å². The maximum Gasteiger partial charge on any atom is 0.203 e. The van der Waals surface area contributed by atoms with Crippen molar-refractivity contribution in [3.8, 4) is 11.5 Å². The maximum absolute atomic E-state index is 5.61. The molecule has 1 aromatic carbocycles. The number of ether oxygens (including phenoxy) is 2. The number of hydrazone groups is 1. The van der Waals surface area contributed by atoms with Crippen molar-refractivity contribution in [2.45, 2.75) is 20.8 Å². The summed E-state index contributed by atoms with van der Waals surface area (Å²) in [5.41, 5.74) is 4.79. The Morgan fingerprint density at radius 1 is 1.27 bits per heavy atom. The van der Waals surface area contributed by atoms with Gasteiger partial charge in [-0.2, -0.15) is 5.10 Å². The van der Waals surface area contributed by atoms with Crippen LogP contribution in [0.1, 0.15) is 25.1 Å². The van der Waals surface area contributed by atoms with E-state index in [9.17, 15) is 0 Å². The van der Waals surface area contributed by atoms with Gasteiger partial charge in [-0.25, -0.2) is 4.98 Å². The molecule has 0 radical (unpaired) electrons. The molecule has 0 saturated heterocycles. The Labute approximate surface area is 142 Å². The lowest BCUT2D eigenvalue weighted by Gasteiger charge is -2.12. The molecule has 0 aliphatic heterocycles. The van der Waals surface area contributed by atoms with Crippen LogP contribution in [0.4, 0.5) is 5.13 Å². The summed E-state index contributed by atoms with van der Waals surface area (Å²) in [5, 5.41) is 6.94. The average molecular weight is 384 g/mol. The minimum atomic E-state index is 0.578. The Balaban J connectivity index is 2.17. The summed E-state index contributed by atoms with van der Waals surface area (Å²) in [4.78, 5) is 4.29. The van der Waals surface area contributed by atoms with Crippen molar-refractivity contribution in [2.24, 2.45) is 5.10 Å². The van der Waals surface area contributed by atoms with Gasteiger partial charge in [0.15, 0.2) is 11.5 Å². The van der Waals surface area contributed by atoms with Crippen LogP contribution in [-0.2, 0) is 0 Å². The third kappa shape index (κ3) is 4.45. The third-order valence-electron chi connectivity index (χ3n) is 2.65. The third-order valence-corrected chi connectivity index (χ3v) is 4.20. The van der Waals surface area contributed by atoms with Gasteiger partial charge in [-0.3, -0.25) is 5.43 Å². The number of hydrogen-bond acceptors (Lipinski definition) is 6. The van der Waals surface area contributed by atoms with Crippen molar-refractivity contribution < 1.29 is 9.47 Å². The van der Waals surface area contributed by atoms with E-state index in [0.29, 0.717) is 19.0 Å². The number of hydrogen-bond donors (Lipinski definition) is 1. The lowest BCUT2D eigenvalue weighted by Crippen LogP contribution is -2.00. The molecule has 2 aromatic rings. The lowest BCUT2D eigenvalue weighted by atomic mass is 10.2. The van der Waals surface area contributed by atoms with Crippen LogP contribution >= 0.6 is 27.3 Å². The molecule has 0 atom stereocenters. The van der Waals surface area contributed by atoms with Crippen molar-refractivity contribution in [1.29, 1.82) is 0 Å². The smallest absolute Gasteiger partial charge is 0.203 e. The largest absolute Gasteiger partial charge is 0.490 e. The lowest BCUT2D eigenvalue weighted by molar-refractivity contribution is 0.287. The molecular weight excluding hydrogens is 366 g/mol. The summed E-state index contributed by atoms with van der Waals surface area (Å²) in [7, 11) is 0. The van der Waals surface area contributed by atoms with Crippen molar-refractivity contribution in [1.82, 2.24) is 4.98 Å². The average Bonchev–Trinajstić information content (AvgIpc) is 2.89. The molecule has 0 spiro atoms. The quantitative estimate of drug-likeness (QED) is 0.566. The monoisotopic (exact) mass is 383 g/mol. The summed E-state index contributed by atoms with van der Waals surface area (Å²) in [5.74, 6) is 1.43. The predicted molar refractivity (Wildman–Crippen MR) is 94.5 cm³/mol. The van der Waals surface area contributed by atoms with Gasteiger partial charge < -0.3 is 9.47 Å². The maximum atomic E-state index is 5.61. The van der Waals surface area contributed by atoms with Crippen LogP contribution in [0.2, 0.25) is 0 Å². The number of anilines is 1. The first-order chi connectivity index (χ1) is 10.6. The van der Waals surface area contributed by atoms with E-state index in [-0.39, 0.29) is 0 Å². The van der Waals surface area contributed by atoms with Crippen LogP contribution in [0.3, 0.4) is 0 Å². The molecule has 0 bridgehead atoms. The number of aryl methyl sites for hydroxylation is 1. The van der Waals surface area contributed by atoms with Crippen molar-refractivity contribution in [2.75, 3.05) is 18.6 Å². The molecule has 0 unspecified atom stereocenters. The van der Waals surface area contributed by atoms with Gasteiger partial charge in [0.05, 0.1) is 25.1 Å². The Hall–Kier alpha value is -1.60. The summed E-state index contributed by atoms with van der Waals surface area (Å²) in [6.45, 7) is 7.00. The van der Waals surface area contributed by atoms with Gasteiger partial charge in [-0.1, -0.05) is 0 Å². The van der Waals surface area contributed by atoms with E-state index in [1.165, 1.54) is 11.3 Å². The summed E-state index contributed by atoms with van der Waals surface area (Å²) < 4.78 is 12.1. The molecule has 118 valence electrons. The van der Waals surface area contributed by atoms with Gasteiger partial charge in [-0.05, 0) is 48.8 Å². The first-order valence-electron chi connectivity index (χ1n) is 6.94. The highest BCUT2D eigenvalue weighted by Crippen LogP contribution is 2.33. The van der Waals surface area contributed by atoms with Crippen molar-refractivity contribution in [3.05, 3.63) is 33.2 Å². The van der Waals surface area contributed by atoms with Gasteiger partial charge in [0, 0.05) is 15.4 Å². The van der Waals surface area contributed by atoms with Crippen LogP contribution in [0.5, 0.6) is 11.5 Å². The fourth-order valence-electron chi connectivity index (χ4n) is 1.75. The summed E-state index contributed by atoms with van der Waals surface area (Å²) in [6, 6.07) is 3.79. The molecule has 2 rings (SSSR count). The number of nitrogens with zero attached hydrogens (tertiary/aromatic N) is 2. The molecule has 0 aliphatic rings. The first-order valence-corrected chi connectivity index (χ1v) is 8.61. The normalized spacial score (nSPS) is 10.9. The fraction of sp³-hybridized carbons (Fsp3) is 0.333. The van der Waals surface area contributed by atoms with Gasteiger partial charge in [0.1, 0.15) is 0 Å². The highest BCUT2D eigenvalue weighted by Gasteiger charge is 2.09. The van der Waals surface area contributed by atoms with E-state index < -0.39 is 0 Å². The molecule has 0 amide bonds. The second-order valence-electron chi connectivity index (χ2n) is 4.35. The van der Waals surface area contributed by atoms with E-state index in [2.05, 4.69) is 31.4 Å². The summed E-state index contributed by atoms with van der Waals surface area (Å²) >= 11 is 5.04. The molecule has 1 aromatic heterocycles. The second-order valence-corrected chi connectivity index (χ2v) is 6.06. The van der Waals surface area contributed by atoms with Crippen LogP contribution in [0, 0.1) is 6.92 Å². The zero-order chi connectivity index (χ0) is 15.9. The highest BCUT2D eigenvalue weighted by atomic mass is 79.9. The molecule has 0 saturated carbocycles. The van der Waals surface area contributed by atoms with Gasteiger partial charge >= 0.3 is 0 Å². The second kappa shape index (κ2) is 8.14. The van der Waals surface area contributed by atoms with Gasteiger partial charge in [-0.15, -0.1) is 11.3 Å². The SMILES string of the molecule is CCOc1cc(Br)c(C=NNc2nc(C)cs2)cc1OCC. The number of aromatic nitrogens is 1. The number of rotatable bonds is 7. The van der Waals surface area contributed by atoms with Gasteiger partial charge in [0.25, 0.3) is 0 Å². The molecule has 1 heterocycles. The molecular formula is C15H18BrN3O2S. The number of benzene rings is 1. The van der Waals surface area contributed by atoms with E-state index in [1.54, 1.807) is 6.21 Å². The minimum absolute atomic E-state index is 0.578. The fourth-order valence-corrected chi connectivity index (χ4v) is 2.81. The molecule has 0 fully saturated rings. The Morgan fingerprint density at radius 2 is 1.95 bits per heavy atom.